The second-order valence-corrected chi connectivity index (χ2v) is 6.00. The fourth-order valence-corrected chi connectivity index (χ4v) is 2.02. The zero-order chi connectivity index (χ0) is 16.3. The maximum absolute atomic E-state index is 12.2. The van der Waals surface area contributed by atoms with Gasteiger partial charge in [-0.3, -0.25) is 0 Å². The van der Waals surface area contributed by atoms with Crippen LogP contribution in [0, 0.1) is 0 Å². The summed E-state index contributed by atoms with van der Waals surface area (Å²) < 4.78 is 11.9. The highest BCUT2D eigenvalue weighted by Crippen LogP contribution is 2.25. The van der Waals surface area contributed by atoms with Crippen molar-refractivity contribution in [2.75, 3.05) is 13.7 Å². The Bertz CT molecular complexity index is 652. The van der Waals surface area contributed by atoms with Gasteiger partial charge >= 0.3 is 5.97 Å². The average Bonchev–Trinajstić information content (AvgIpc) is 2.93. The average molecular weight is 302 g/mol. The molecule has 0 saturated heterocycles. The van der Waals surface area contributed by atoms with Gasteiger partial charge in [0.25, 0.3) is 0 Å². The van der Waals surface area contributed by atoms with Crippen LogP contribution in [0.2, 0.25) is 0 Å². The van der Waals surface area contributed by atoms with Gasteiger partial charge in [0.2, 0.25) is 0 Å². The Morgan fingerprint density at radius 1 is 1.23 bits per heavy atom. The van der Waals surface area contributed by atoms with Crippen molar-refractivity contribution in [3.63, 3.8) is 0 Å². The van der Waals surface area contributed by atoms with E-state index < -0.39 is 0 Å². The molecule has 1 aromatic heterocycles. The minimum atomic E-state index is -0.374. The van der Waals surface area contributed by atoms with Crippen LogP contribution in [-0.2, 0) is 10.2 Å². The fraction of sp³-hybridized carbons (Fsp3) is 0.412. The summed E-state index contributed by atoms with van der Waals surface area (Å²) in [6.45, 7) is 8.29. The summed E-state index contributed by atoms with van der Waals surface area (Å²) >= 11 is 0. The maximum atomic E-state index is 12.2. The quantitative estimate of drug-likeness (QED) is 0.813. The Kier molecular flexibility index (Phi) is 4.54. The number of methoxy groups -OCH3 is 1. The van der Waals surface area contributed by atoms with Crippen molar-refractivity contribution >= 4 is 5.97 Å². The Balaban J connectivity index is 2.51. The van der Waals surface area contributed by atoms with Crippen molar-refractivity contribution in [3.05, 3.63) is 41.7 Å². The molecule has 0 saturated carbocycles. The lowest BCUT2D eigenvalue weighted by Gasteiger charge is -2.14. The number of hydrogen-bond donors (Lipinski definition) is 0. The molecule has 0 radical (unpaired) electrons. The number of benzene rings is 1. The molecule has 0 aliphatic carbocycles. The first kappa shape index (κ1) is 16.1. The van der Waals surface area contributed by atoms with E-state index in [1.165, 1.54) is 0 Å². The predicted molar refractivity (Wildman–Crippen MR) is 84.8 cm³/mol. The van der Waals surface area contributed by atoms with Gasteiger partial charge in [0, 0.05) is 5.41 Å². The van der Waals surface area contributed by atoms with E-state index in [4.69, 9.17) is 9.47 Å². The Labute approximate surface area is 130 Å². The zero-order valence-corrected chi connectivity index (χ0v) is 13.7. The molecule has 5 heteroatoms. The maximum Gasteiger partial charge on any atom is 0.357 e. The fourth-order valence-electron chi connectivity index (χ4n) is 2.02. The number of aromatic nitrogens is 2. The summed E-state index contributed by atoms with van der Waals surface area (Å²) in [7, 11) is 1.62. The van der Waals surface area contributed by atoms with Gasteiger partial charge in [-0.2, -0.15) is 5.10 Å². The van der Waals surface area contributed by atoms with Crippen LogP contribution in [0.25, 0.3) is 5.69 Å². The normalized spacial score (nSPS) is 11.3. The largest absolute Gasteiger partial charge is 0.497 e. The molecule has 0 bridgehead atoms. The number of ether oxygens (including phenoxy) is 2. The van der Waals surface area contributed by atoms with E-state index >= 15 is 0 Å². The van der Waals surface area contributed by atoms with Gasteiger partial charge < -0.3 is 9.47 Å². The van der Waals surface area contributed by atoms with Gasteiger partial charge in [-0.1, -0.05) is 20.8 Å². The summed E-state index contributed by atoms with van der Waals surface area (Å²) in [5.41, 5.74) is 1.90. The van der Waals surface area contributed by atoms with Crippen molar-refractivity contribution in [3.8, 4) is 11.4 Å². The molecule has 0 amide bonds. The molecule has 118 valence electrons. The SMILES string of the molecule is CCOC(=O)c1cc(C(C)(C)C)nn1-c1ccc(OC)cc1. The molecule has 0 fully saturated rings. The van der Waals surface area contributed by atoms with Crippen LogP contribution in [0.3, 0.4) is 0 Å². The first-order valence-corrected chi connectivity index (χ1v) is 7.29. The third-order valence-electron chi connectivity index (χ3n) is 3.28. The molecule has 2 aromatic rings. The molecule has 22 heavy (non-hydrogen) atoms. The molecule has 2 rings (SSSR count). The molecular weight excluding hydrogens is 280 g/mol. The van der Waals surface area contributed by atoms with E-state index in [0.717, 1.165) is 17.1 Å². The second kappa shape index (κ2) is 6.22. The van der Waals surface area contributed by atoms with Gasteiger partial charge in [0.05, 0.1) is 25.1 Å². The Morgan fingerprint density at radius 2 is 1.86 bits per heavy atom. The standard InChI is InChI=1S/C17H22N2O3/c1-6-22-16(20)14-11-15(17(2,3)4)18-19(14)12-7-9-13(21-5)10-8-12/h7-11H,6H2,1-5H3. The van der Waals surface area contributed by atoms with Crippen LogP contribution in [-0.4, -0.2) is 29.5 Å². The molecule has 5 nitrogen and oxygen atoms in total. The van der Waals surface area contributed by atoms with E-state index in [2.05, 4.69) is 25.9 Å². The van der Waals surface area contributed by atoms with E-state index in [-0.39, 0.29) is 11.4 Å². The van der Waals surface area contributed by atoms with E-state index in [1.807, 2.05) is 24.3 Å². The first-order valence-electron chi connectivity index (χ1n) is 7.29. The Hall–Kier alpha value is -2.30. The van der Waals surface area contributed by atoms with Crippen LogP contribution in [0.5, 0.6) is 5.75 Å². The molecule has 0 atom stereocenters. The third-order valence-corrected chi connectivity index (χ3v) is 3.28. The van der Waals surface area contributed by atoms with Crippen LogP contribution >= 0.6 is 0 Å². The topological polar surface area (TPSA) is 53.3 Å². The number of esters is 1. The number of rotatable bonds is 4. The van der Waals surface area contributed by atoms with Crippen LogP contribution in [0.1, 0.15) is 43.9 Å². The van der Waals surface area contributed by atoms with Crippen molar-refractivity contribution in [1.29, 1.82) is 0 Å². The summed E-state index contributed by atoms with van der Waals surface area (Å²) in [4.78, 5) is 12.2. The lowest BCUT2D eigenvalue weighted by atomic mass is 9.92. The Morgan fingerprint density at radius 3 is 2.36 bits per heavy atom. The van der Waals surface area contributed by atoms with Crippen LogP contribution < -0.4 is 4.74 Å². The van der Waals surface area contributed by atoms with Crippen molar-refractivity contribution in [1.82, 2.24) is 9.78 Å². The van der Waals surface area contributed by atoms with Crippen molar-refractivity contribution in [2.24, 2.45) is 0 Å². The monoisotopic (exact) mass is 302 g/mol. The molecule has 0 aliphatic rings. The number of hydrogen-bond acceptors (Lipinski definition) is 4. The lowest BCUT2D eigenvalue weighted by Crippen LogP contribution is -2.13. The minimum absolute atomic E-state index is 0.154. The van der Waals surface area contributed by atoms with Gasteiger partial charge in [0.1, 0.15) is 5.75 Å². The summed E-state index contributed by atoms with van der Waals surface area (Å²) in [6, 6.07) is 9.19. The molecule has 1 heterocycles. The second-order valence-electron chi connectivity index (χ2n) is 6.00. The van der Waals surface area contributed by atoms with Crippen molar-refractivity contribution < 1.29 is 14.3 Å². The van der Waals surface area contributed by atoms with Gasteiger partial charge in [-0.15, -0.1) is 0 Å². The highest BCUT2D eigenvalue weighted by atomic mass is 16.5. The van der Waals surface area contributed by atoms with Crippen LogP contribution in [0.4, 0.5) is 0 Å². The van der Waals surface area contributed by atoms with Gasteiger partial charge in [0.15, 0.2) is 5.69 Å². The molecule has 0 N–H and O–H groups in total. The molecule has 0 spiro atoms. The van der Waals surface area contributed by atoms with Gasteiger partial charge in [-0.25, -0.2) is 9.48 Å². The van der Waals surface area contributed by atoms with Crippen molar-refractivity contribution in [2.45, 2.75) is 33.1 Å². The number of nitrogens with zero attached hydrogens (tertiary/aromatic N) is 2. The van der Waals surface area contributed by atoms with E-state index in [1.54, 1.807) is 24.8 Å². The molecule has 1 aromatic carbocycles. The summed E-state index contributed by atoms with van der Waals surface area (Å²) in [6.07, 6.45) is 0. The van der Waals surface area contributed by atoms with Crippen LogP contribution in [0.15, 0.2) is 30.3 Å². The highest BCUT2D eigenvalue weighted by Gasteiger charge is 2.24. The number of carbonyl (C=O) groups is 1. The highest BCUT2D eigenvalue weighted by molar-refractivity contribution is 5.88. The van der Waals surface area contributed by atoms with E-state index in [9.17, 15) is 4.79 Å². The minimum Gasteiger partial charge on any atom is -0.497 e. The predicted octanol–water partition coefficient (Wildman–Crippen LogP) is 3.36. The van der Waals surface area contributed by atoms with Gasteiger partial charge in [-0.05, 0) is 37.3 Å². The number of carbonyl (C=O) groups excluding carboxylic acids is 1. The molecular formula is C17H22N2O3. The lowest BCUT2D eigenvalue weighted by molar-refractivity contribution is 0.0515. The summed E-state index contributed by atoms with van der Waals surface area (Å²) in [5, 5.41) is 4.59. The smallest absolute Gasteiger partial charge is 0.357 e. The van der Waals surface area contributed by atoms with E-state index in [0.29, 0.717) is 12.3 Å². The molecule has 0 aliphatic heterocycles. The zero-order valence-electron chi connectivity index (χ0n) is 13.7. The third kappa shape index (κ3) is 3.30. The summed E-state index contributed by atoms with van der Waals surface area (Å²) in [5.74, 6) is 0.381. The molecule has 0 unspecified atom stereocenters. The first-order chi connectivity index (χ1) is 10.4.